The molecule has 2 aromatic rings. The molecule has 0 N–H and O–H groups in total. The van der Waals surface area contributed by atoms with Crippen LogP contribution in [0.5, 0.6) is 0 Å². The Kier molecular flexibility index (Phi) is 2.71. The molecule has 0 fully saturated rings. The van der Waals surface area contributed by atoms with Crippen LogP contribution < -0.4 is 0 Å². The summed E-state index contributed by atoms with van der Waals surface area (Å²) in [5.74, 6) is -2.51. The SMILES string of the molecule is Cc1ccc(F)c(C(=O)c2cnnn2C)c1F. The van der Waals surface area contributed by atoms with Gasteiger partial charge >= 0.3 is 0 Å². The standard InChI is InChI=1S/C11H9F2N3O/c1-6-3-4-7(12)9(10(6)13)11(17)8-5-14-15-16(8)2/h3-5H,1-2H3. The molecule has 0 atom stereocenters. The molecular formula is C11H9F2N3O. The van der Waals surface area contributed by atoms with Gasteiger partial charge in [0.15, 0.2) is 0 Å². The molecular weight excluding hydrogens is 228 g/mol. The number of halogens is 2. The summed E-state index contributed by atoms with van der Waals surface area (Å²) in [6, 6.07) is 2.35. The van der Waals surface area contributed by atoms with Crippen LogP contribution in [0.4, 0.5) is 8.78 Å². The minimum absolute atomic E-state index is 0.0356. The van der Waals surface area contributed by atoms with Crippen molar-refractivity contribution >= 4 is 5.78 Å². The number of aryl methyl sites for hydroxylation is 2. The van der Waals surface area contributed by atoms with Gasteiger partial charge in [-0.2, -0.15) is 0 Å². The van der Waals surface area contributed by atoms with Crippen molar-refractivity contribution in [3.8, 4) is 0 Å². The Morgan fingerprint density at radius 2 is 2.06 bits per heavy atom. The van der Waals surface area contributed by atoms with Crippen LogP contribution in [0.25, 0.3) is 0 Å². The van der Waals surface area contributed by atoms with Crippen molar-refractivity contribution in [2.45, 2.75) is 6.92 Å². The van der Waals surface area contributed by atoms with E-state index in [1.807, 2.05) is 0 Å². The number of carbonyl (C=O) groups is 1. The van der Waals surface area contributed by atoms with Gasteiger partial charge in [0, 0.05) is 7.05 Å². The Morgan fingerprint density at radius 3 is 2.65 bits per heavy atom. The van der Waals surface area contributed by atoms with E-state index in [1.54, 1.807) is 0 Å². The first-order valence-electron chi connectivity index (χ1n) is 4.86. The van der Waals surface area contributed by atoms with Crippen molar-refractivity contribution in [3.63, 3.8) is 0 Å². The quantitative estimate of drug-likeness (QED) is 0.746. The van der Waals surface area contributed by atoms with E-state index in [4.69, 9.17) is 0 Å². The second-order valence-corrected chi connectivity index (χ2v) is 3.63. The maximum Gasteiger partial charge on any atom is 0.218 e. The summed E-state index contributed by atoms with van der Waals surface area (Å²) in [6.07, 6.45) is 1.17. The fourth-order valence-corrected chi connectivity index (χ4v) is 1.49. The third-order valence-corrected chi connectivity index (χ3v) is 2.46. The van der Waals surface area contributed by atoms with Crippen LogP contribution in [0.15, 0.2) is 18.3 Å². The largest absolute Gasteiger partial charge is 0.287 e. The third-order valence-electron chi connectivity index (χ3n) is 2.46. The van der Waals surface area contributed by atoms with Gasteiger partial charge in [0.1, 0.15) is 17.3 Å². The molecule has 6 heteroatoms. The van der Waals surface area contributed by atoms with Crippen LogP contribution in [0, 0.1) is 18.6 Å². The highest BCUT2D eigenvalue weighted by Gasteiger charge is 2.22. The number of nitrogens with zero attached hydrogens (tertiary/aromatic N) is 3. The number of hydrogen-bond donors (Lipinski definition) is 0. The summed E-state index contributed by atoms with van der Waals surface area (Å²) in [4.78, 5) is 11.9. The van der Waals surface area contributed by atoms with Crippen molar-refractivity contribution in [2.24, 2.45) is 7.05 Å². The zero-order valence-corrected chi connectivity index (χ0v) is 9.24. The smallest absolute Gasteiger partial charge is 0.218 e. The maximum atomic E-state index is 13.7. The third kappa shape index (κ3) is 1.82. The molecule has 0 saturated heterocycles. The van der Waals surface area contributed by atoms with Crippen LogP contribution in [0.1, 0.15) is 21.6 Å². The van der Waals surface area contributed by atoms with E-state index in [9.17, 15) is 13.6 Å². The highest BCUT2D eigenvalue weighted by molar-refractivity contribution is 6.08. The topological polar surface area (TPSA) is 47.8 Å². The molecule has 0 radical (unpaired) electrons. The Labute approximate surface area is 95.9 Å². The number of aromatic nitrogens is 3. The van der Waals surface area contributed by atoms with E-state index in [0.717, 1.165) is 6.07 Å². The number of ketones is 1. The summed E-state index contributed by atoms with van der Waals surface area (Å²) in [7, 11) is 1.48. The lowest BCUT2D eigenvalue weighted by molar-refractivity contribution is 0.102. The van der Waals surface area contributed by atoms with Crippen molar-refractivity contribution in [2.75, 3.05) is 0 Å². The summed E-state index contributed by atoms with van der Waals surface area (Å²) >= 11 is 0. The van der Waals surface area contributed by atoms with E-state index < -0.39 is 23.0 Å². The Balaban J connectivity index is 2.59. The number of benzene rings is 1. The highest BCUT2D eigenvalue weighted by Crippen LogP contribution is 2.19. The van der Waals surface area contributed by atoms with Crippen molar-refractivity contribution in [3.05, 3.63) is 46.8 Å². The van der Waals surface area contributed by atoms with Crippen LogP contribution in [-0.4, -0.2) is 20.8 Å². The number of rotatable bonds is 2. The molecule has 1 heterocycles. The lowest BCUT2D eigenvalue weighted by Gasteiger charge is -2.05. The monoisotopic (exact) mass is 237 g/mol. The average Bonchev–Trinajstić information content (AvgIpc) is 2.70. The normalized spacial score (nSPS) is 10.6. The second kappa shape index (κ2) is 4.04. The summed E-state index contributed by atoms with van der Waals surface area (Å²) in [6.45, 7) is 1.47. The predicted octanol–water partition coefficient (Wildman–Crippen LogP) is 1.63. The maximum absolute atomic E-state index is 13.7. The van der Waals surface area contributed by atoms with Crippen LogP contribution in [0.3, 0.4) is 0 Å². The first-order valence-corrected chi connectivity index (χ1v) is 4.86. The zero-order valence-electron chi connectivity index (χ0n) is 9.24. The Morgan fingerprint density at radius 1 is 1.35 bits per heavy atom. The second-order valence-electron chi connectivity index (χ2n) is 3.63. The Hall–Kier alpha value is -2.11. The van der Waals surface area contributed by atoms with Gasteiger partial charge in [-0.25, -0.2) is 13.5 Å². The molecule has 0 saturated carbocycles. The fourth-order valence-electron chi connectivity index (χ4n) is 1.49. The van der Waals surface area contributed by atoms with Crippen molar-refractivity contribution in [1.29, 1.82) is 0 Å². The number of hydrogen-bond acceptors (Lipinski definition) is 3. The predicted molar refractivity (Wildman–Crippen MR) is 55.5 cm³/mol. The van der Waals surface area contributed by atoms with Gasteiger partial charge in [0.05, 0.1) is 11.8 Å². The van der Waals surface area contributed by atoms with Gasteiger partial charge in [0.25, 0.3) is 0 Å². The van der Waals surface area contributed by atoms with E-state index >= 15 is 0 Å². The fraction of sp³-hybridized carbons (Fsp3) is 0.182. The Bertz CT molecular complexity index is 592. The van der Waals surface area contributed by atoms with Gasteiger partial charge in [-0.15, -0.1) is 5.10 Å². The molecule has 4 nitrogen and oxygen atoms in total. The van der Waals surface area contributed by atoms with Crippen LogP contribution in [0.2, 0.25) is 0 Å². The summed E-state index contributed by atoms with van der Waals surface area (Å²) < 4.78 is 28.4. The molecule has 0 unspecified atom stereocenters. The molecule has 0 aliphatic heterocycles. The first-order chi connectivity index (χ1) is 8.02. The average molecular weight is 237 g/mol. The summed E-state index contributed by atoms with van der Waals surface area (Å²) in [5.41, 5.74) is -0.325. The van der Waals surface area contributed by atoms with Crippen molar-refractivity contribution < 1.29 is 13.6 Å². The van der Waals surface area contributed by atoms with Gasteiger partial charge in [-0.3, -0.25) is 4.79 Å². The molecule has 2 rings (SSSR count). The molecule has 0 amide bonds. The van der Waals surface area contributed by atoms with Gasteiger partial charge in [-0.05, 0) is 18.6 Å². The van der Waals surface area contributed by atoms with Crippen LogP contribution >= 0.6 is 0 Å². The lowest BCUT2D eigenvalue weighted by atomic mass is 10.0. The van der Waals surface area contributed by atoms with Crippen LogP contribution in [-0.2, 0) is 7.05 Å². The van der Waals surface area contributed by atoms with E-state index in [2.05, 4.69) is 10.3 Å². The molecule has 17 heavy (non-hydrogen) atoms. The minimum Gasteiger partial charge on any atom is -0.287 e. The minimum atomic E-state index is -0.890. The molecule has 0 aliphatic rings. The summed E-state index contributed by atoms with van der Waals surface area (Å²) in [5, 5.41) is 7.04. The molecule has 0 aliphatic carbocycles. The molecule has 0 bridgehead atoms. The van der Waals surface area contributed by atoms with Gasteiger partial charge in [0.2, 0.25) is 5.78 Å². The molecule has 1 aromatic carbocycles. The van der Waals surface area contributed by atoms with E-state index in [-0.39, 0.29) is 11.3 Å². The first kappa shape index (κ1) is 11.4. The van der Waals surface area contributed by atoms with Gasteiger partial charge in [-0.1, -0.05) is 11.3 Å². The molecule has 1 aromatic heterocycles. The van der Waals surface area contributed by atoms with Gasteiger partial charge < -0.3 is 0 Å². The number of carbonyl (C=O) groups excluding carboxylic acids is 1. The zero-order chi connectivity index (χ0) is 12.6. The lowest BCUT2D eigenvalue weighted by Crippen LogP contribution is -2.13. The highest BCUT2D eigenvalue weighted by atomic mass is 19.1. The van der Waals surface area contributed by atoms with E-state index in [0.29, 0.717) is 0 Å². The molecule has 0 spiro atoms. The molecule has 88 valence electrons. The van der Waals surface area contributed by atoms with Crippen molar-refractivity contribution in [1.82, 2.24) is 15.0 Å². The van der Waals surface area contributed by atoms with E-state index in [1.165, 1.54) is 30.9 Å².